The smallest absolute Gasteiger partial charge is 0.251 e. The molecule has 1 N–H and O–H groups in total. The highest BCUT2D eigenvalue weighted by atomic mass is 32.1. The number of carbonyl (C=O) groups excluding carboxylic acids is 1. The van der Waals surface area contributed by atoms with Crippen LogP contribution in [-0.2, 0) is 25.9 Å². The van der Waals surface area contributed by atoms with E-state index in [0.29, 0.717) is 18.7 Å². The Bertz CT molecular complexity index is 912. The molecule has 1 aliphatic carbocycles. The minimum absolute atomic E-state index is 0.0287. The van der Waals surface area contributed by atoms with Gasteiger partial charge >= 0.3 is 0 Å². The van der Waals surface area contributed by atoms with E-state index in [-0.39, 0.29) is 5.91 Å². The number of aryl methyl sites for hydroxylation is 3. The molecule has 4 nitrogen and oxygen atoms in total. The molecule has 0 saturated heterocycles. The molecule has 0 saturated carbocycles. The van der Waals surface area contributed by atoms with Gasteiger partial charge in [0, 0.05) is 23.4 Å². The van der Waals surface area contributed by atoms with Crippen LogP contribution in [0.4, 0.5) is 0 Å². The summed E-state index contributed by atoms with van der Waals surface area (Å²) in [6.45, 7) is 1.16. The van der Waals surface area contributed by atoms with Crippen LogP contribution in [0.15, 0.2) is 54.6 Å². The standard InChI is InChI=1S/C24H26N2O2S/c27-24(25-16-6-11-23-26-21-9-4-5-10-22(21)29-23)19-14-12-18(13-15-19)17-28-20-7-2-1-3-8-20/h1-3,7-8,12-15H,4-6,9-11,16-17H2,(H,25,27). The first-order valence-corrected chi connectivity index (χ1v) is 11.1. The maximum atomic E-state index is 12.4. The molecule has 0 unspecified atom stereocenters. The second kappa shape index (κ2) is 9.70. The molecule has 1 heterocycles. The summed E-state index contributed by atoms with van der Waals surface area (Å²) in [5.41, 5.74) is 3.04. The number of ether oxygens (including phenoxy) is 1. The number of benzene rings is 2. The lowest BCUT2D eigenvalue weighted by atomic mass is 10.0. The van der Waals surface area contributed by atoms with Crippen molar-refractivity contribution >= 4 is 17.2 Å². The van der Waals surface area contributed by atoms with Crippen LogP contribution in [0.2, 0.25) is 0 Å². The summed E-state index contributed by atoms with van der Waals surface area (Å²) in [7, 11) is 0. The SMILES string of the molecule is O=C(NCCCc1nc2c(s1)CCCC2)c1ccc(COc2ccccc2)cc1. The van der Waals surface area contributed by atoms with Crippen molar-refractivity contribution in [3.8, 4) is 5.75 Å². The van der Waals surface area contributed by atoms with E-state index >= 15 is 0 Å². The molecule has 1 aromatic heterocycles. The lowest BCUT2D eigenvalue weighted by Crippen LogP contribution is -2.24. The van der Waals surface area contributed by atoms with Gasteiger partial charge in [0.25, 0.3) is 5.91 Å². The third-order valence-corrected chi connectivity index (χ3v) is 6.32. The predicted molar refractivity (Wildman–Crippen MR) is 117 cm³/mol. The molecule has 5 heteroatoms. The summed E-state index contributed by atoms with van der Waals surface area (Å²) in [5.74, 6) is 0.814. The van der Waals surface area contributed by atoms with Gasteiger partial charge in [0.1, 0.15) is 12.4 Å². The van der Waals surface area contributed by atoms with Gasteiger partial charge in [0.2, 0.25) is 0 Å². The molecule has 0 fully saturated rings. The van der Waals surface area contributed by atoms with Crippen molar-refractivity contribution in [2.24, 2.45) is 0 Å². The fraction of sp³-hybridized carbons (Fsp3) is 0.333. The number of hydrogen-bond acceptors (Lipinski definition) is 4. The van der Waals surface area contributed by atoms with Crippen molar-refractivity contribution in [2.75, 3.05) is 6.54 Å². The Morgan fingerprint density at radius 3 is 2.62 bits per heavy atom. The third kappa shape index (κ3) is 5.45. The Morgan fingerprint density at radius 2 is 1.83 bits per heavy atom. The van der Waals surface area contributed by atoms with E-state index in [4.69, 9.17) is 9.72 Å². The zero-order valence-corrected chi connectivity index (χ0v) is 17.3. The van der Waals surface area contributed by atoms with Gasteiger partial charge in [-0.15, -0.1) is 11.3 Å². The largest absolute Gasteiger partial charge is 0.489 e. The number of nitrogens with zero attached hydrogens (tertiary/aromatic N) is 1. The molecule has 0 atom stereocenters. The molecule has 3 aromatic rings. The Balaban J connectivity index is 1.20. The molecule has 4 rings (SSSR count). The fourth-order valence-corrected chi connectivity index (χ4v) is 4.69. The normalized spacial score (nSPS) is 13.0. The summed E-state index contributed by atoms with van der Waals surface area (Å²) < 4.78 is 5.74. The van der Waals surface area contributed by atoms with Crippen LogP contribution in [-0.4, -0.2) is 17.4 Å². The number of para-hydroxylation sites is 1. The maximum absolute atomic E-state index is 12.4. The first kappa shape index (κ1) is 19.6. The van der Waals surface area contributed by atoms with Gasteiger partial charge < -0.3 is 10.1 Å². The highest BCUT2D eigenvalue weighted by Crippen LogP contribution is 2.27. The van der Waals surface area contributed by atoms with E-state index in [9.17, 15) is 4.79 Å². The van der Waals surface area contributed by atoms with Gasteiger partial charge in [0.15, 0.2) is 0 Å². The molecule has 1 aliphatic rings. The van der Waals surface area contributed by atoms with Crippen LogP contribution in [0, 0.1) is 0 Å². The summed E-state index contributed by atoms with van der Waals surface area (Å²) in [4.78, 5) is 18.6. The molecule has 29 heavy (non-hydrogen) atoms. The van der Waals surface area contributed by atoms with Gasteiger partial charge in [0.05, 0.1) is 10.7 Å². The number of rotatable bonds is 8. The Hall–Kier alpha value is -2.66. The average molecular weight is 407 g/mol. The summed E-state index contributed by atoms with van der Waals surface area (Å²) in [6, 6.07) is 17.3. The van der Waals surface area contributed by atoms with Crippen molar-refractivity contribution in [3.63, 3.8) is 0 Å². The lowest BCUT2D eigenvalue weighted by Gasteiger charge is -2.08. The highest BCUT2D eigenvalue weighted by Gasteiger charge is 2.14. The van der Waals surface area contributed by atoms with Crippen molar-refractivity contribution < 1.29 is 9.53 Å². The van der Waals surface area contributed by atoms with Crippen molar-refractivity contribution in [3.05, 3.63) is 81.3 Å². The highest BCUT2D eigenvalue weighted by molar-refractivity contribution is 7.11. The second-order valence-corrected chi connectivity index (χ2v) is 8.51. The van der Waals surface area contributed by atoms with Crippen molar-refractivity contribution in [1.29, 1.82) is 0 Å². The van der Waals surface area contributed by atoms with Crippen LogP contribution in [0.5, 0.6) is 5.75 Å². The number of carbonyl (C=O) groups is 1. The molecular formula is C24H26N2O2S. The molecule has 0 radical (unpaired) electrons. The maximum Gasteiger partial charge on any atom is 0.251 e. The van der Waals surface area contributed by atoms with Gasteiger partial charge in [-0.2, -0.15) is 0 Å². The van der Waals surface area contributed by atoms with E-state index in [1.807, 2.05) is 65.9 Å². The minimum Gasteiger partial charge on any atom is -0.489 e. The number of hydrogen-bond donors (Lipinski definition) is 1. The van der Waals surface area contributed by atoms with E-state index < -0.39 is 0 Å². The molecule has 150 valence electrons. The van der Waals surface area contributed by atoms with Crippen LogP contribution in [0.3, 0.4) is 0 Å². The molecule has 0 spiro atoms. The number of nitrogens with one attached hydrogen (secondary N) is 1. The van der Waals surface area contributed by atoms with E-state index in [1.54, 1.807) is 0 Å². The molecular weight excluding hydrogens is 380 g/mol. The van der Waals surface area contributed by atoms with E-state index in [1.165, 1.54) is 34.8 Å². The van der Waals surface area contributed by atoms with Crippen LogP contribution in [0.1, 0.15) is 50.8 Å². The summed E-state index contributed by atoms with van der Waals surface area (Å²) in [5, 5.41) is 4.23. The quantitative estimate of drug-likeness (QED) is 0.538. The predicted octanol–water partition coefficient (Wildman–Crippen LogP) is 4.96. The van der Waals surface area contributed by atoms with Gasteiger partial charge in [-0.3, -0.25) is 4.79 Å². The molecule has 0 bridgehead atoms. The third-order valence-electron chi connectivity index (χ3n) is 5.11. The van der Waals surface area contributed by atoms with Crippen LogP contribution in [0.25, 0.3) is 0 Å². The number of thiazole rings is 1. The zero-order chi connectivity index (χ0) is 19.9. The Labute approximate surface area is 176 Å². The van der Waals surface area contributed by atoms with Gasteiger partial charge in [-0.05, 0) is 61.9 Å². The Morgan fingerprint density at radius 1 is 1.03 bits per heavy atom. The fourth-order valence-electron chi connectivity index (χ4n) is 3.49. The average Bonchev–Trinajstić information content (AvgIpc) is 3.19. The number of amides is 1. The van der Waals surface area contributed by atoms with Crippen LogP contribution < -0.4 is 10.1 Å². The van der Waals surface area contributed by atoms with Gasteiger partial charge in [-0.1, -0.05) is 30.3 Å². The molecule has 1 amide bonds. The zero-order valence-electron chi connectivity index (χ0n) is 16.5. The molecule has 2 aromatic carbocycles. The number of aromatic nitrogens is 1. The minimum atomic E-state index is -0.0287. The van der Waals surface area contributed by atoms with Crippen molar-refractivity contribution in [2.45, 2.75) is 45.1 Å². The summed E-state index contributed by atoms with van der Waals surface area (Å²) in [6.07, 6.45) is 6.74. The Kier molecular flexibility index (Phi) is 6.57. The van der Waals surface area contributed by atoms with E-state index in [0.717, 1.165) is 30.6 Å². The van der Waals surface area contributed by atoms with Crippen molar-refractivity contribution in [1.82, 2.24) is 10.3 Å². The van der Waals surface area contributed by atoms with E-state index in [2.05, 4.69) is 5.32 Å². The van der Waals surface area contributed by atoms with Gasteiger partial charge in [-0.25, -0.2) is 4.98 Å². The second-order valence-electron chi connectivity index (χ2n) is 7.34. The first-order valence-electron chi connectivity index (χ1n) is 10.3. The summed E-state index contributed by atoms with van der Waals surface area (Å²) >= 11 is 1.86. The first-order chi connectivity index (χ1) is 14.3. The topological polar surface area (TPSA) is 51.2 Å². The lowest BCUT2D eigenvalue weighted by molar-refractivity contribution is 0.0953. The van der Waals surface area contributed by atoms with Crippen LogP contribution >= 0.6 is 11.3 Å². The molecule has 0 aliphatic heterocycles. The number of fused-ring (bicyclic) bond motifs is 1. The monoisotopic (exact) mass is 406 g/mol.